The summed E-state index contributed by atoms with van der Waals surface area (Å²) in [4.78, 5) is 39.2. The minimum Gasteiger partial charge on any atom is -0.481 e. The first-order chi connectivity index (χ1) is 18.7. The van der Waals surface area contributed by atoms with E-state index in [1.807, 2.05) is 0 Å². The fourth-order valence-electron chi connectivity index (χ4n) is 4.96. The van der Waals surface area contributed by atoms with Crippen LogP contribution >= 0.6 is 0 Å². The molecule has 0 aliphatic carbocycles. The van der Waals surface area contributed by atoms with Crippen molar-refractivity contribution in [1.82, 2.24) is 4.90 Å². The highest BCUT2D eigenvalue weighted by Crippen LogP contribution is 2.44. The molecule has 4 rings (SSSR count). The van der Waals surface area contributed by atoms with Crippen LogP contribution in [-0.2, 0) is 17.1 Å². The Balaban J connectivity index is 1.57. The molecule has 15 heteroatoms. The molecular formula is C25H24F6N4O5. The van der Waals surface area contributed by atoms with E-state index in [0.29, 0.717) is 6.07 Å². The number of piperazine rings is 1. The zero-order valence-electron chi connectivity index (χ0n) is 20.8. The maximum atomic E-state index is 14.0. The van der Waals surface area contributed by atoms with E-state index in [0.717, 1.165) is 30.3 Å². The van der Waals surface area contributed by atoms with E-state index >= 15 is 0 Å². The molecule has 2 aromatic carbocycles. The van der Waals surface area contributed by atoms with E-state index < -0.39 is 51.9 Å². The maximum absolute atomic E-state index is 14.0. The number of carbonyl (C=O) groups is 2. The van der Waals surface area contributed by atoms with Gasteiger partial charge in [-0.05, 0) is 43.2 Å². The van der Waals surface area contributed by atoms with Crippen LogP contribution in [0, 0.1) is 16.0 Å². The predicted molar refractivity (Wildman–Crippen MR) is 130 cm³/mol. The molecule has 2 heterocycles. The Morgan fingerprint density at radius 1 is 0.825 bits per heavy atom. The van der Waals surface area contributed by atoms with Crippen LogP contribution in [0.1, 0.15) is 34.3 Å². The number of piperidine rings is 1. The van der Waals surface area contributed by atoms with Crippen molar-refractivity contribution in [2.24, 2.45) is 5.92 Å². The summed E-state index contributed by atoms with van der Waals surface area (Å²) in [7, 11) is 0. The number of nitro benzene ring substituents is 1. The lowest BCUT2D eigenvalue weighted by Crippen LogP contribution is -2.49. The number of hydrogen-bond acceptors (Lipinski definition) is 6. The number of halogens is 6. The Labute approximate surface area is 223 Å². The largest absolute Gasteiger partial charge is 0.481 e. The molecule has 0 atom stereocenters. The van der Waals surface area contributed by atoms with Gasteiger partial charge in [0.05, 0.1) is 27.7 Å². The third-order valence-corrected chi connectivity index (χ3v) is 7.15. The van der Waals surface area contributed by atoms with Gasteiger partial charge in [-0.15, -0.1) is 0 Å². The number of anilines is 2. The number of carbonyl (C=O) groups excluding carboxylic acids is 1. The third-order valence-electron chi connectivity index (χ3n) is 7.15. The molecule has 1 amide bonds. The number of nitrogens with zero attached hydrogens (tertiary/aromatic N) is 4. The van der Waals surface area contributed by atoms with Crippen molar-refractivity contribution in [2.75, 3.05) is 49.1 Å². The zero-order chi connectivity index (χ0) is 29.4. The SMILES string of the molecule is O=C(O)C1CCN(c2cc(N3CCN(C(=O)c4ccc(C(F)(F)F)cc4)CC3)c([N+](=O)[O-])cc2C(F)(F)F)CC1. The van der Waals surface area contributed by atoms with Crippen molar-refractivity contribution < 1.29 is 46.0 Å². The smallest absolute Gasteiger partial charge is 0.418 e. The van der Waals surface area contributed by atoms with Crippen molar-refractivity contribution in [2.45, 2.75) is 25.2 Å². The van der Waals surface area contributed by atoms with Gasteiger partial charge in [0.2, 0.25) is 0 Å². The molecule has 2 aliphatic rings. The van der Waals surface area contributed by atoms with Gasteiger partial charge in [0.25, 0.3) is 11.6 Å². The number of nitro groups is 1. The van der Waals surface area contributed by atoms with Crippen LogP contribution in [-0.4, -0.2) is 66.1 Å². The fraction of sp³-hybridized carbons (Fsp3) is 0.440. The minimum absolute atomic E-state index is 0.0205. The number of alkyl halides is 6. The first-order valence-electron chi connectivity index (χ1n) is 12.3. The van der Waals surface area contributed by atoms with E-state index in [-0.39, 0.29) is 69.0 Å². The lowest BCUT2D eigenvalue weighted by molar-refractivity contribution is -0.384. The van der Waals surface area contributed by atoms with Gasteiger partial charge in [0.1, 0.15) is 5.69 Å². The summed E-state index contributed by atoms with van der Waals surface area (Å²) in [5, 5.41) is 21.0. The van der Waals surface area contributed by atoms with Crippen LogP contribution in [0.5, 0.6) is 0 Å². The van der Waals surface area contributed by atoms with E-state index in [2.05, 4.69) is 0 Å². The maximum Gasteiger partial charge on any atom is 0.418 e. The molecule has 2 aromatic rings. The topological polar surface area (TPSA) is 107 Å². The predicted octanol–water partition coefficient (Wildman–Crippen LogP) is 4.90. The molecule has 2 aliphatic heterocycles. The van der Waals surface area contributed by atoms with Gasteiger partial charge in [-0.1, -0.05) is 0 Å². The van der Waals surface area contributed by atoms with Gasteiger partial charge in [-0.25, -0.2) is 0 Å². The average Bonchev–Trinajstić information content (AvgIpc) is 2.91. The molecule has 2 fully saturated rings. The first-order valence-corrected chi connectivity index (χ1v) is 12.3. The van der Waals surface area contributed by atoms with Crippen LogP contribution in [0.15, 0.2) is 36.4 Å². The summed E-state index contributed by atoms with van der Waals surface area (Å²) < 4.78 is 80.3. The molecule has 0 unspecified atom stereocenters. The number of benzene rings is 2. The van der Waals surface area contributed by atoms with E-state index in [1.54, 1.807) is 0 Å². The molecule has 1 N–H and O–H groups in total. The lowest BCUT2D eigenvalue weighted by atomic mass is 9.95. The van der Waals surface area contributed by atoms with Crippen LogP contribution in [0.25, 0.3) is 0 Å². The molecule has 216 valence electrons. The van der Waals surface area contributed by atoms with Crippen LogP contribution in [0.3, 0.4) is 0 Å². The van der Waals surface area contributed by atoms with Crippen LogP contribution in [0.4, 0.5) is 43.4 Å². The quantitative estimate of drug-likeness (QED) is 0.308. The van der Waals surface area contributed by atoms with Crippen molar-refractivity contribution in [1.29, 1.82) is 0 Å². The Morgan fingerprint density at radius 3 is 1.85 bits per heavy atom. The first kappa shape index (κ1) is 29.0. The summed E-state index contributed by atoms with van der Waals surface area (Å²) in [6.45, 7) is 0.145. The summed E-state index contributed by atoms with van der Waals surface area (Å²) in [5.41, 5.74) is -3.22. The van der Waals surface area contributed by atoms with E-state index in [1.165, 1.54) is 14.7 Å². The zero-order valence-corrected chi connectivity index (χ0v) is 20.8. The monoisotopic (exact) mass is 574 g/mol. The minimum atomic E-state index is -4.91. The average molecular weight is 574 g/mol. The van der Waals surface area contributed by atoms with Gasteiger partial charge in [-0.2, -0.15) is 26.3 Å². The van der Waals surface area contributed by atoms with Gasteiger partial charge < -0.3 is 19.8 Å². The van der Waals surface area contributed by atoms with Crippen molar-refractivity contribution in [3.05, 3.63) is 63.2 Å². The lowest BCUT2D eigenvalue weighted by Gasteiger charge is -2.37. The van der Waals surface area contributed by atoms with Crippen molar-refractivity contribution >= 4 is 28.9 Å². The molecule has 0 radical (unpaired) electrons. The van der Waals surface area contributed by atoms with E-state index in [4.69, 9.17) is 0 Å². The highest BCUT2D eigenvalue weighted by atomic mass is 19.4. The summed E-state index contributed by atoms with van der Waals surface area (Å²) in [6, 6.07) is 5.25. The van der Waals surface area contributed by atoms with Gasteiger partial charge >= 0.3 is 18.3 Å². The molecule has 40 heavy (non-hydrogen) atoms. The van der Waals surface area contributed by atoms with Crippen molar-refractivity contribution in [3.63, 3.8) is 0 Å². The van der Waals surface area contributed by atoms with E-state index in [9.17, 15) is 51.2 Å². The van der Waals surface area contributed by atoms with Gasteiger partial charge in [0.15, 0.2) is 0 Å². The number of aliphatic carboxylic acids is 1. The van der Waals surface area contributed by atoms with Crippen molar-refractivity contribution in [3.8, 4) is 0 Å². The highest BCUT2D eigenvalue weighted by Gasteiger charge is 2.40. The summed E-state index contributed by atoms with van der Waals surface area (Å²) in [6.07, 6.45) is -9.24. The molecule has 9 nitrogen and oxygen atoms in total. The standard InChI is InChI=1S/C25H24F6N4O5/c26-24(27,28)17-3-1-15(2-4-17)22(36)34-11-9-33(10-12-34)20-14-19(32-7-5-16(6-8-32)23(37)38)18(25(29,30)31)13-21(20)35(39)40/h1-4,13-14,16H,5-12H2,(H,37,38). The second kappa shape index (κ2) is 10.8. The molecule has 0 aromatic heterocycles. The number of hydrogen-bond donors (Lipinski definition) is 1. The Morgan fingerprint density at radius 2 is 1.38 bits per heavy atom. The summed E-state index contributed by atoms with van der Waals surface area (Å²) in [5.74, 6) is -2.28. The molecule has 0 bridgehead atoms. The molecular weight excluding hydrogens is 550 g/mol. The molecule has 0 spiro atoms. The third kappa shape index (κ3) is 6.07. The van der Waals surface area contributed by atoms with Crippen LogP contribution < -0.4 is 9.80 Å². The number of rotatable bonds is 5. The summed E-state index contributed by atoms with van der Waals surface area (Å²) >= 11 is 0. The van der Waals surface area contributed by atoms with Crippen LogP contribution in [0.2, 0.25) is 0 Å². The normalized spacial score (nSPS) is 17.2. The highest BCUT2D eigenvalue weighted by molar-refractivity contribution is 5.94. The molecule has 0 saturated carbocycles. The fourth-order valence-corrected chi connectivity index (χ4v) is 4.96. The number of amides is 1. The number of carboxylic acid groups (broad SMARTS) is 1. The number of carboxylic acids is 1. The second-order valence-corrected chi connectivity index (χ2v) is 9.57. The second-order valence-electron chi connectivity index (χ2n) is 9.57. The van der Waals surface area contributed by atoms with Gasteiger partial charge in [0, 0.05) is 50.9 Å². The van der Waals surface area contributed by atoms with Gasteiger partial charge in [-0.3, -0.25) is 19.7 Å². The Hall–Kier alpha value is -4.04. The Kier molecular flexibility index (Phi) is 7.85. The Bertz CT molecular complexity index is 1280. The molecule has 2 saturated heterocycles.